The third-order valence-corrected chi connectivity index (χ3v) is 9.66. The minimum atomic E-state index is -0.235. The van der Waals surface area contributed by atoms with Crippen LogP contribution in [-0.4, -0.2) is 56.0 Å². The van der Waals surface area contributed by atoms with Gasteiger partial charge in [-0.2, -0.15) is 4.98 Å². The van der Waals surface area contributed by atoms with E-state index in [2.05, 4.69) is 63.5 Å². The van der Waals surface area contributed by atoms with Gasteiger partial charge >= 0.3 is 0 Å². The van der Waals surface area contributed by atoms with E-state index in [1.165, 1.54) is 43.7 Å². The zero-order valence-electron chi connectivity index (χ0n) is 23.1. The molecular weight excluding hydrogens is 516 g/mol. The SMILES string of the molecule is Cc1cc(SN2CCC3(CC2)CCN(C(C)C)CC3)ccc1Nc1ncc2cc(Cl)c(=O)n(C(C)C)c2n1. The number of nitrogens with zero attached hydrogens (tertiary/aromatic N) is 5. The largest absolute Gasteiger partial charge is 0.324 e. The summed E-state index contributed by atoms with van der Waals surface area (Å²) in [6.07, 6.45) is 7.01. The quantitative estimate of drug-likeness (QED) is 0.341. The third kappa shape index (κ3) is 5.74. The van der Waals surface area contributed by atoms with E-state index in [1.807, 2.05) is 25.8 Å². The molecule has 1 N–H and O–H groups in total. The van der Waals surface area contributed by atoms with Gasteiger partial charge < -0.3 is 10.2 Å². The van der Waals surface area contributed by atoms with E-state index >= 15 is 0 Å². The first-order valence-electron chi connectivity index (χ1n) is 13.8. The molecule has 3 aromatic rings. The van der Waals surface area contributed by atoms with Crippen LogP contribution in [0.4, 0.5) is 11.6 Å². The number of pyridine rings is 1. The molecule has 0 unspecified atom stereocenters. The van der Waals surface area contributed by atoms with E-state index in [0.29, 0.717) is 23.1 Å². The standard InChI is InChI=1S/C29H39ClN6OS/c1-19(2)34-12-8-29(9-13-34)10-14-35(15-11-29)38-23-6-7-25(21(5)16-23)32-28-31-18-22-17-24(30)27(37)36(20(3)4)26(22)33-28/h6-7,16-20H,8-15H2,1-5H3,(H,31,32,33). The van der Waals surface area contributed by atoms with Crippen molar-refractivity contribution in [3.63, 3.8) is 0 Å². The van der Waals surface area contributed by atoms with Crippen molar-refractivity contribution in [2.45, 2.75) is 77.3 Å². The first kappa shape index (κ1) is 27.4. The number of hydrogen-bond acceptors (Lipinski definition) is 7. The zero-order chi connectivity index (χ0) is 27.0. The fraction of sp³-hybridized carbons (Fsp3) is 0.552. The molecule has 0 amide bonds. The van der Waals surface area contributed by atoms with Crippen LogP contribution in [0.1, 0.15) is 65.0 Å². The summed E-state index contributed by atoms with van der Waals surface area (Å²) in [5.74, 6) is 0.460. The van der Waals surface area contributed by atoms with E-state index in [9.17, 15) is 4.79 Å². The van der Waals surface area contributed by atoms with Crippen molar-refractivity contribution >= 4 is 46.2 Å². The van der Waals surface area contributed by atoms with Gasteiger partial charge in [0.05, 0.1) is 0 Å². The van der Waals surface area contributed by atoms with E-state index in [-0.39, 0.29) is 16.6 Å². The van der Waals surface area contributed by atoms with Crippen LogP contribution in [0.2, 0.25) is 5.02 Å². The molecule has 2 aliphatic rings. The van der Waals surface area contributed by atoms with Crippen molar-refractivity contribution in [2.75, 3.05) is 31.5 Å². The normalized spacial score (nSPS) is 18.6. The summed E-state index contributed by atoms with van der Waals surface area (Å²) in [7, 11) is 0. The summed E-state index contributed by atoms with van der Waals surface area (Å²) >= 11 is 8.02. The van der Waals surface area contributed by atoms with Gasteiger partial charge in [-0.3, -0.25) is 9.36 Å². The lowest BCUT2D eigenvalue weighted by Gasteiger charge is -2.47. The Morgan fingerprint density at radius 1 is 1.00 bits per heavy atom. The maximum absolute atomic E-state index is 12.6. The van der Waals surface area contributed by atoms with Crippen LogP contribution in [0.5, 0.6) is 0 Å². The number of hydrogen-bond donors (Lipinski definition) is 1. The number of aromatic nitrogens is 3. The van der Waals surface area contributed by atoms with Gasteiger partial charge in [-0.05, 0) is 121 Å². The number of rotatable bonds is 6. The molecule has 0 radical (unpaired) electrons. The highest BCUT2D eigenvalue weighted by atomic mass is 35.5. The predicted molar refractivity (Wildman–Crippen MR) is 159 cm³/mol. The lowest BCUT2D eigenvalue weighted by atomic mass is 9.71. The van der Waals surface area contributed by atoms with Crippen molar-refractivity contribution in [3.05, 3.63) is 51.4 Å². The Hall–Kier alpha value is -2.13. The fourth-order valence-electron chi connectivity index (χ4n) is 5.80. The van der Waals surface area contributed by atoms with E-state index in [0.717, 1.165) is 29.7 Å². The topological polar surface area (TPSA) is 66.3 Å². The van der Waals surface area contributed by atoms with Crippen molar-refractivity contribution in [1.82, 2.24) is 23.7 Å². The van der Waals surface area contributed by atoms with Gasteiger partial charge in [0.2, 0.25) is 5.95 Å². The first-order chi connectivity index (χ1) is 18.1. The molecule has 2 saturated heterocycles. The van der Waals surface area contributed by atoms with Gasteiger partial charge in [0.15, 0.2) is 0 Å². The molecule has 1 aromatic carbocycles. The number of fused-ring (bicyclic) bond motifs is 1. The summed E-state index contributed by atoms with van der Waals surface area (Å²) in [5.41, 5.74) is 2.98. The molecule has 4 heterocycles. The lowest BCUT2D eigenvalue weighted by molar-refractivity contribution is 0.0451. The number of nitrogens with one attached hydrogen (secondary N) is 1. The minimum Gasteiger partial charge on any atom is -0.324 e. The summed E-state index contributed by atoms with van der Waals surface area (Å²) in [4.78, 5) is 25.6. The number of halogens is 1. The molecule has 0 bridgehead atoms. The van der Waals surface area contributed by atoms with Crippen LogP contribution in [0.25, 0.3) is 11.0 Å². The highest BCUT2D eigenvalue weighted by Crippen LogP contribution is 2.43. The molecule has 2 fully saturated rings. The number of aryl methyl sites for hydroxylation is 1. The number of likely N-dealkylation sites (tertiary alicyclic amines) is 1. The highest BCUT2D eigenvalue weighted by Gasteiger charge is 2.38. The Bertz CT molecular complexity index is 1360. The molecule has 0 aliphatic carbocycles. The number of benzene rings is 1. The lowest BCUT2D eigenvalue weighted by Crippen LogP contribution is -2.47. The monoisotopic (exact) mass is 554 g/mol. The predicted octanol–water partition coefficient (Wildman–Crippen LogP) is 6.67. The summed E-state index contributed by atoms with van der Waals surface area (Å²) in [6, 6.07) is 8.71. The summed E-state index contributed by atoms with van der Waals surface area (Å²) in [5, 5.41) is 4.27. The molecule has 2 aromatic heterocycles. The maximum atomic E-state index is 12.6. The molecule has 2 aliphatic heterocycles. The first-order valence-corrected chi connectivity index (χ1v) is 14.9. The molecule has 5 rings (SSSR count). The molecule has 0 saturated carbocycles. The van der Waals surface area contributed by atoms with Gasteiger partial charge in [0.1, 0.15) is 10.7 Å². The van der Waals surface area contributed by atoms with Crippen LogP contribution in [0, 0.1) is 12.3 Å². The van der Waals surface area contributed by atoms with E-state index < -0.39 is 0 Å². The van der Waals surface area contributed by atoms with Gasteiger partial charge in [-0.15, -0.1) is 0 Å². The second kappa shape index (κ2) is 11.2. The van der Waals surface area contributed by atoms with Crippen molar-refractivity contribution < 1.29 is 0 Å². The smallest absolute Gasteiger partial charge is 0.271 e. The van der Waals surface area contributed by atoms with Crippen LogP contribution >= 0.6 is 23.5 Å². The maximum Gasteiger partial charge on any atom is 0.271 e. The van der Waals surface area contributed by atoms with Crippen molar-refractivity contribution in [1.29, 1.82) is 0 Å². The average Bonchev–Trinajstić information content (AvgIpc) is 2.88. The third-order valence-electron chi connectivity index (χ3n) is 8.30. The second-order valence-electron chi connectivity index (χ2n) is 11.5. The molecular formula is C29H39ClN6OS. The summed E-state index contributed by atoms with van der Waals surface area (Å²) in [6.45, 7) is 15.4. The Kier molecular flexibility index (Phi) is 8.06. The van der Waals surface area contributed by atoms with Crippen LogP contribution in [-0.2, 0) is 0 Å². The highest BCUT2D eigenvalue weighted by molar-refractivity contribution is 7.97. The Labute approximate surface area is 235 Å². The minimum absolute atomic E-state index is 0.0676. The van der Waals surface area contributed by atoms with Gasteiger partial charge in [0, 0.05) is 47.3 Å². The molecule has 0 atom stereocenters. The zero-order valence-corrected chi connectivity index (χ0v) is 24.7. The van der Waals surface area contributed by atoms with Crippen LogP contribution in [0.3, 0.4) is 0 Å². The van der Waals surface area contributed by atoms with E-state index in [4.69, 9.17) is 11.6 Å². The molecule has 204 valence electrons. The van der Waals surface area contributed by atoms with E-state index in [1.54, 1.807) is 16.8 Å². The number of anilines is 2. The second-order valence-corrected chi connectivity index (χ2v) is 13.1. The number of piperidine rings is 2. The van der Waals surface area contributed by atoms with Gasteiger partial charge in [0.25, 0.3) is 5.56 Å². The fourth-order valence-corrected chi connectivity index (χ4v) is 7.03. The molecule has 9 heteroatoms. The Balaban J connectivity index is 1.23. The van der Waals surface area contributed by atoms with Crippen LogP contribution < -0.4 is 10.9 Å². The van der Waals surface area contributed by atoms with Crippen LogP contribution in [0.15, 0.2) is 40.2 Å². The molecule has 38 heavy (non-hydrogen) atoms. The molecule has 1 spiro atoms. The Morgan fingerprint density at radius 3 is 2.32 bits per heavy atom. The Morgan fingerprint density at radius 2 is 1.68 bits per heavy atom. The van der Waals surface area contributed by atoms with Crippen molar-refractivity contribution in [2.24, 2.45) is 5.41 Å². The van der Waals surface area contributed by atoms with Gasteiger partial charge in [-0.25, -0.2) is 9.29 Å². The summed E-state index contributed by atoms with van der Waals surface area (Å²) < 4.78 is 4.15. The van der Waals surface area contributed by atoms with Crippen molar-refractivity contribution in [3.8, 4) is 0 Å². The van der Waals surface area contributed by atoms with Gasteiger partial charge in [-0.1, -0.05) is 11.6 Å². The average molecular weight is 555 g/mol. The molecule has 7 nitrogen and oxygen atoms in total.